The summed E-state index contributed by atoms with van der Waals surface area (Å²) in [4.78, 5) is 19.3. The minimum atomic E-state index is -0.174. The smallest absolute Gasteiger partial charge is 0.240 e. The van der Waals surface area contributed by atoms with Crippen molar-refractivity contribution in [2.75, 3.05) is 11.4 Å². The van der Waals surface area contributed by atoms with Gasteiger partial charge in [0.2, 0.25) is 5.91 Å². The summed E-state index contributed by atoms with van der Waals surface area (Å²) in [5.41, 5.74) is 3.19. The lowest BCUT2D eigenvalue weighted by atomic mass is 10.2. The molecule has 0 radical (unpaired) electrons. The molecule has 122 valence electrons. The number of thiazole rings is 1. The van der Waals surface area contributed by atoms with Gasteiger partial charge in [0.25, 0.3) is 0 Å². The third kappa shape index (κ3) is 2.92. The van der Waals surface area contributed by atoms with E-state index in [0.29, 0.717) is 5.02 Å². The summed E-state index contributed by atoms with van der Waals surface area (Å²) in [7, 11) is 0. The number of rotatable bonds is 3. The van der Waals surface area contributed by atoms with Crippen LogP contribution in [0.3, 0.4) is 0 Å². The Kier molecular flexibility index (Phi) is 4.24. The number of anilines is 1. The summed E-state index contributed by atoms with van der Waals surface area (Å²) in [6.45, 7) is 2.71. The van der Waals surface area contributed by atoms with E-state index in [1.165, 1.54) is 17.3 Å². The third-order valence-electron chi connectivity index (χ3n) is 4.11. The molecule has 2 heterocycles. The lowest BCUT2D eigenvalue weighted by Gasteiger charge is -2.20. The van der Waals surface area contributed by atoms with Gasteiger partial charge in [0.1, 0.15) is 0 Å². The van der Waals surface area contributed by atoms with Crippen molar-refractivity contribution in [1.82, 2.24) is 4.98 Å². The van der Waals surface area contributed by atoms with E-state index in [9.17, 15) is 4.79 Å². The van der Waals surface area contributed by atoms with Crippen LogP contribution in [0.25, 0.3) is 10.2 Å². The summed E-state index contributed by atoms with van der Waals surface area (Å²) < 4.78 is 1.99. The molecule has 0 bridgehead atoms. The second-order valence-electron chi connectivity index (χ2n) is 5.72. The number of carbonyl (C=O) groups excluding carboxylic acids is 1. The lowest BCUT2D eigenvalue weighted by Crippen LogP contribution is -2.35. The van der Waals surface area contributed by atoms with Crippen LogP contribution in [0.5, 0.6) is 0 Å². The van der Waals surface area contributed by atoms with E-state index in [2.05, 4.69) is 11.1 Å². The van der Waals surface area contributed by atoms with E-state index in [1.54, 1.807) is 11.3 Å². The van der Waals surface area contributed by atoms with Gasteiger partial charge in [-0.05, 0) is 43.2 Å². The number of hydrogen-bond donors (Lipinski definition) is 0. The molecular formula is C18H15ClN2OS2. The molecule has 4 rings (SSSR count). The molecule has 1 aliphatic heterocycles. The summed E-state index contributed by atoms with van der Waals surface area (Å²) >= 11 is 9.14. The van der Waals surface area contributed by atoms with Gasteiger partial charge >= 0.3 is 0 Å². The van der Waals surface area contributed by atoms with Gasteiger partial charge in [0, 0.05) is 17.3 Å². The van der Waals surface area contributed by atoms with Gasteiger partial charge in [0.05, 0.1) is 15.5 Å². The molecule has 0 N–H and O–H groups in total. The molecule has 3 nitrogen and oxygen atoms in total. The van der Waals surface area contributed by atoms with Crippen molar-refractivity contribution in [1.29, 1.82) is 0 Å². The second kappa shape index (κ2) is 6.39. The highest BCUT2D eigenvalue weighted by molar-refractivity contribution is 8.02. The fraction of sp³-hybridized carbons (Fsp3) is 0.222. The van der Waals surface area contributed by atoms with Crippen LogP contribution in [0.4, 0.5) is 5.69 Å². The van der Waals surface area contributed by atoms with Crippen LogP contribution < -0.4 is 4.90 Å². The Morgan fingerprint density at radius 3 is 3.04 bits per heavy atom. The van der Waals surface area contributed by atoms with Crippen molar-refractivity contribution in [3.05, 3.63) is 53.1 Å². The molecule has 0 spiro atoms. The van der Waals surface area contributed by atoms with Gasteiger partial charge in [0.15, 0.2) is 4.34 Å². The number of para-hydroxylation sites is 1. The van der Waals surface area contributed by atoms with Crippen LogP contribution in [0, 0.1) is 0 Å². The Morgan fingerprint density at radius 1 is 1.33 bits per heavy atom. The van der Waals surface area contributed by atoms with Crippen molar-refractivity contribution in [3.63, 3.8) is 0 Å². The fourth-order valence-corrected chi connectivity index (χ4v) is 5.34. The third-order valence-corrected chi connectivity index (χ3v) is 6.56. The Labute approximate surface area is 153 Å². The number of hydrogen-bond acceptors (Lipinski definition) is 4. The van der Waals surface area contributed by atoms with Gasteiger partial charge in [-0.25, -0.2) is 4.98 Å². The molecule has 6 heteroatoms. The molecule has 0 fully saturated rings. The maximum atomic E-state index is 12.8. The number of thioether (sulfide) groups is 1. The average Bonchev–Trinajstić information content (AvgIpc) is 3.17. The second-order valence-corrected chi connectivity index (χ2v) is 8.78. The van der Waals surface area contributed by atoms with Crippen LogP contribution in [-0.2, 0) is 11.2 Å². The van der Waals surface area contributed by atoms with Gasteiger partial charge < -0.3 is 4.90 Å². The molecule has 0 aliphatic carbocycles. The predicted octanol–water partition coefficient (Wildman–Crippen LogP) is 5.02. The van der Waals surface area contributed by atoms with E-state index in [0.717, 1.165) is 33.2 Å². The zero-order chi connectivity index (χ0) is 16.7. The Bertz CT molecular complexity index is 924. The molecule has 2 aromatic carbocycles. The summed E-state index contributed by atoms with van der Waals surface area (Å²) in [5.74, 6) is 0.141. The van der Waals surface area contributed by atoms with Crippen LogP contribution in [-0.4, -0.2) is 22.7 Å². The Hall–Kier alpha value is -1.56. The number of benzene rings is 2. The average molecular weight is 375 g/mol. The molecule has 3 aromatic rings. The summed E-state index contributed by atoms with van der Waals surface area (Å²) in [6, 6.07) is 13.8. The monoisotopic (exact) mass is 374 g/mol. The lowest BCUT2D eigenvalue weighted by molar-refractivity contribution is -0.117. The van der Waals surface area contributed by atoms with Crippen molar-refractivity contribution in [2.24, 2.45) is 0 Å². The van der Waals surface area contributed by atoms with Crippen LogP contribution >= 0.6 is 34.7 Å². The van der Waals surface area contributed by atoms with Crippen LogP contribution in [0.15, 0.2) is 46.8 Å². The van der Waals surface area contributed by atoms with Crippen LogP contribution in [0.1, 0.15) is 12.5 Å². The number of aromatic nitrogens is 1. The van der Waals surface area contributed by atoms with E-state index in [-0.39, 0.29) is 11.2 Å². The zero-order valence-corrected chi connectivity index (χ0v) is 15.4. The number of fused-ring (bicyclic) bond motifs is 2. The van der Waals surface area contributed by atoms with Gasteiger partial charge in [-0.1, -0.05) is 41.6 Å². The SMILES string of the molecule is CC(Sc1nc2cc(Cl)ccc2s1)C(=O)N1CCc2ccccc21. The van der Waals surface area contributed by atoms with Crippen molar-refractivity contribution in [2.45, 2.75) is 22.9 Å². The molecule has 1 aliphatic rings. The molecular weight excluding hydrogens is 360 g/mol. The normalized spacial score (nSPS) is 14.8. The maximum absolute atomic E-state index is 12.8. The number of halogens is 1. The molecule has 0 saturated heterocycles. The van der Waals surface area contributed by atoms with Crippen molar-refractivity contribution < 1.29 is 4.79 Å². The van der Waals surface area contributed by atoms with E-state index < -0.39 is 0 Å². The first-order valence-corrected chi connectivity index (χ1v) is 9.81. The highest BCUT2D eigenvalue weighted by Crippen LogP contribution is 2.35. The minimum Gasteiger partial charge on any atom is -0.311 e. The van der Waals surface area contributed by atoms with Crippen molar-refractivity contribution >= 4 is 56.5 Å². The first-order chi connectivity index (χ1) is 11.6. The van der Waals surface area contributed by atoms with Gasteiger partial charge in [-0.2, -0.15) is 0 Å². The Morgan fingerprint density at radius 2 is 2.17 bits per heavy atom. The van der Waals surface area contributed by atoms with E-state index in [1.807, 2.05) is 48.2 Å². The van der Waals surface area contributed by atoms with Crippen molar-refractivity contribution in [3.8, 4) is 0 Å². The first-order valence-electron chi connectivity index (χ1n) is 7.74. The molecule has 0 saturated carbocycles. The largest absolute Gasteiger partial charge is 0.311 e. The first kappa shape index (κ1) is 15.9. The number of amides is 1. The van der Waals surface area contributed by atoms with Gasteiger partial charge in [-0.3, -0.25) is 4.79 Å². The Balaban J connectivity index is 1.53. The highest BCUT2D eigenvalue weighted by atomic mass is 35.5. The number of carbonyl (C=O) groups is 1. The molecule has 1 unspecified atom stereocenters. The summed E-state index contributed by atoms with van der Waals surface area (Å²) in [5, 5.41) is 0.509. The molecule has 24 heavy (non-hydrogen) atoms. The summed E-state index contributed by atoms with van der Waals surface area (Å²) in [6.07, 6.45) is 0.930. The number of nitrogens with zero attached hydrogens (tertiary/aromatic N) is 2. The fourth-order valence-electron chi connectivity index (χ4n) is 2.92. The quantitative estimate of drug-likeness (QED) is 0.603. The minimum absolute atomic E-state index is 0.141. The maximum Gasteiger partial charge on any atom is 0.240 e. The predicted molar refractivity (Wildman–Crippen MR) is 102 cm³/mol. The highest BCUT2D eigenvalue weighted by Gasteiger charge is 2.28. The topological polar surface area (TPSA) is 33.2 Å². The molecule has 1 atom stereocenters. The standard InChI is InChI=1S/C18H15ClN2OS2/c1-11(17(22)21-9-8-12-4-2-3-5-15(12)21)23-18-20-14-10-13(19)6-7-16(14)24-18/h2-7,10-11H,8-9H2,1H3. The molecule has 1 amide bonds. The zero-order valence-electron chi connectivity index (χ0n) is 13.0. The van der Waals surface area contributed by atoms with Gasteiger partial charge in [-0.15, -0.1) is 11.3 Å². The van der Waals surface area contributed by atoms with E-state index in [4.69, 9.17) is 11.6 Å². The van der Waals surface area contributed by atoms with Crippen LogP contribution in [0.2, 0.25) is 5.02 Å². The molecule has 1 aromatic heterocycles. The van der Waals surface area contributed by atoms with E-state index >= 15 is 0 Å².